The molecule has 17 heavy (non-hydrogen) atoms. The third-order valence-electron chi connectivity index (χ3n) is 3.36. The van der Waals surface area contributed by atoms with Crippen LogP contribution in [0.15, 0.2) is 24.3 Å². The first-order chi connectivity index (χ1) is 8.08. The Balaban J connectivity index is 2.02. The molecular formula is C14H18O3. The van der Waals surface area contributed by atoms with Crippen molar-refractivity contribution < 1.29 is 15.0 Å². The van der Waals surface area contributed by atoms with Crippen LogP contribution in [0.25, 0.3) is 0 Å². The fourth-order valence-electron chi connectivity index (χ4n) is 2.10. The molecule has 0 spiro atoms. The Morgan fingerprint density at radius 3 is 2.41 bits per heavy atom. The van der Waals surface area contributed by atoms with Gasteiger partial charge in [0.2, 0.25) is 0 Å². The summed E-state index contributed by atoms with van der Waals surface area (Å²) in [4.78, 5) is 10.6. The van der Waals surface area contributed by atoms with E-state index in [2.05, 4.69) is 0 Å². The average molecular weight is 234 g/mol. The topological polar surface area (TPSA) is 57.5 Å². The van der Waals surface area contributed by atoms with Gasteiger partial charge in [-0.05, 0) is 35.8 Å². The van der Waals surface area contributed by atoms with E-state index in [1.165, 1.54) is 18.4 Å². The van der Waals surface area contributed by atoms with Crippen LogP contribution in [0.3, 0.4) is 0 Å². The summed E-state index contributed by atoms with van der Waals surface area (Å²) in [6, 6.07) is 7.92. The molecule has 1 aromatic carbocycles. The zero-order chi connectivity index (χ0) is 12.4. The minimum atomic E-state index is -0.869. The second-order valence-electron chi connectivity index (χ2n) is 4.96. The molecule has 2 rings (SSSR count). The second kappa shape index (κ2) is 4.88. The van der Waals surface area contributed by atoms with E-state index in [9.17, 15) is 9.90 Å². The molecule has 92 valence electrons. The number of benzene rings is 1. The number of aliphatic carboxylic acids is 1. The standard InChI is InChI=1S/C14H18O3/c1-9(8-13(15)16)14(17)12-6-4-11(5-7-12)10-2-3-10/h4-7,9-10,14,17H,2-3,8H2,1H3,(H,15,16). The number of aliphatic hydroxyl groups is 1. The van der Waals surface area contributed by atoms with Gasteiger partial charge >= 0.3 is 5.97 Å². The lowest BCUT2D eigenvalue weighted by Crippen LogP contribution is -2.13. The average Bonchev–Trinajstić information content (AvgIpc) is 3.11. The monoisotopic (exact) mass is 234 g/mol. The highest BCUT2D eigenvalue weighted by Crippen LogP contribution is 2.40. The van der Waals surface area contributed by atoms with Crippen molar-refractivity contribution in [2.45, 2.75) is 38.2 Å². The molecular weight excluding hydrogens is 216 g/mol. The Labute approximate surface area is 101 Å². The molecule has 2 atom stereocenters. The van der Waals surface area contributed by atoms with Gasteiger partial charge in [-0.3, -0.25) is 4.79 Å². The maximum absolute atomic E-state index is 10.6. The zero-order valence-electron chi connectivity index (χ0n) is 9.97. The van der Waals surface area contributed by atoms with Crippen LogP contribution in [0, 0.1) is 5.92 Å². The largest absolute Gasteiger partial charge is 0.481 e. The Bertz CT molecular complexity index is 392. The van der Waals surface area contributed by atoms with Crippen molar-refractivity contribution in [3.63, 3.8) is 0 Å². The summed E-state index contributed by atoms with van der Waals surface area (Å²) in [5.41, 5.74) is 2.13. The smallest absolute Gasteiger partial charge is 0.303 e. The van der Waals surface area contributed by atoms with Crippen LogP contribution in [-0.2, 0) is 4.79 Å². The number of hydrogen-bond donors (Lipinski definition) is 2. The van der Waals surface area contributed by atoms with E-state index in [1.54, 1.807) is 6.92 Å². The van der Waals surface area contributed by atoms with Crippen LogP contribution >= 0.6 is 0 Å². The van der Waals surface area contributed by atoms with Crippen molar-refractivity contribution in [3.05, 3.63) is 35.4 Å². The normalized spacial score (nSPS) is 18.7. The molecule has 3 nitrogen and oxygen atoms in total. The van der Waals surface area contributed by atoms with Crippen molar-refractivity contribution in [1.82, 2.24) is 0 Å². The zero-order valence-corrected chi connectivity index (χ0v) is 9.97. The molecule has 1 aliphatic rings. The number of aliphatic hydroxyl groups excluding tert-OH is 1. The lowest BCUT2D eigenvalue weighted by molar-refractivity contribution is -0.139. The molecule has 1 saturated carbocycles. The van der Waals surface area contributed by atoms with Crippen LogP contribution in [-0.4, -0.2) is 16.2 Å². The van der Waals surface area contributed by atoms with Gasteiger partial charge in [0.25, 0.3) is 0 Å². The van der Waals surface area contributed by atoms with Crippen molar-refractivity contribution in [1.29, 1.82) is 0 Å². The van der Waals surface area contributed by atoms with Crippen molar-refractivity contribution in [3.8, 4) is 0 Å². The predicted molar refractivity (Wildman–Crippen MR) is 64.8 cm³/mol. The molecule has 0 aromatic heterocycles. The van der Waals surface area contributed by atoms with E-state index in [-0.39, 0.29) is 12.3 Å². The lowest BCUT2D eigenvalue weighted by Gasteiger charge is -2.17. The summed E-state index contributed by atoms with van der Waals surface area (Å²) >= 11 is 0. The SMILES string of the molecule is CC(CC(=O)O)C(O)c1ccc(C2CC2)cc1. The summed E-state index contributed by atoms with van der Waals surface area (Å²) in [6.07, 6.45) is 1.82. The van der Waals surface area contributed by atoms with Crippen molar-refractivity contribution in [2.24, 2.45) is 5.92 Å². The van der Waals surface area contributed by atoms with Gasteiger partial charge in [0, 0.05) is 0 Å². The number of hydrogen-bond acceptors (Lipinski definition) is 2. The fraction of sp³-hybridized carbons (Fsp3) is 0.500. The quantitative estimate of drug-likeness (QED) is 0.823. The van der Waals surface area contributed by atoms with Crippen LogP contribution < -0.4 is 0 Å². The fourth-order valence-corrected chi connectivity index (χ4v) is 2.10. The molecule has 1 fully saturated rings. The lowest BCUT2D eigenvalue weighted by atomic mass is 9.93. The molecule has 2 N–H and O–H groups in total. The first-order valence-corrected chi connectivity index (χ1v) is 6.07. The maximum Gasteiger partial charge on any atom is 0.303 e. The van der Waals surface area contributed by atoms with E-state index in [0.717, 1.165) is 5.56 Å². The van der Waals surface area contributed by atoms with E-state index in [0.29, 0.717) is 5.92 Å². The van der Waals surface area contributed by atoms with E-state index < -0.39 is 12.1 Å². The Morgan fingerprint density at radius 2 is 1.94 bits per heavy atom. The number of carboxylic acids is 1. The molecule has 0 amide bonds. The van der Waals surface area contributed by atoms with Gasteiger partial charge in [-0.15, -0.1) is 0 Å². The van der Waals surface area contributed by atoms with Gasteiger partial charge in [-0.25, -0.2) is 0 Å². The second-order valence-corrected chi connectivity index (χ2v) is 4.96. The van der Waals surface area contributed by atoms with Crippen LogP contribution in [0.5, 0.6) is 0 Å². The predicted octanol–water partition coefficient (Wildman–Crippen LogP) is 2.71. The van der Waals surface area contributed by atoms with Crippen molar-refractivity contribution in [2.75, 3.05) is 0 Å². The summed E-state index contributed by atoms with van der Waals surface area (Å²) in [5, 5.41) is 18.7. The number of carboxylic acid groups (broad SMARTS) is 1. The molecule has 0 bridgehead atoms. The van der Waals surface area contributed by atoms with Gasteiger partial charge in [0.15, 0.2) is 0 Å². The minimum Gasteiger partial charge on any atom is -0.481 e. The minimum absolute atomic E-state index is 0.00839. The summed E-state index contributed by atoms with van der Waals surface area (Å²) in [5.74, 6) is -0.428. The molecule has 3 heteroatoms. The van der Waals surface area contributed by atoms with Gasteiger partial charge in [-0.1, -0.05) is 31.2 Å². The highest BCUT2D eigenvalue weighted by molar-refractivity contribution is 5.67. The Hall–Kier alpha value is -1.35. The third-order valence-corrected chi connectivity index (χ3v) is 3.36. The van der Waals surface area contributed by atoms with E-state index in [1.807, 2.05) is 24.3 Å². The number of rotatable bonds is 5. The van der Waals surface area contributed by atoms with E-state index >= 15 is 0 Å². The molecule has 0 saturated heterocycles. The van der Waals surface area contributed by atoms with Gasteiger partial charge in [0.05, 0.1) is 12.5 Å². The summed E-state index contributed by atoms with van der Waals surface area (Å²) in [6.45, 7) is 1.76. The van der Waals surface area contributed by atoms with Gasteiger partial charge in [0.1, 0.15) is 0 Å². The van der Waals surface area contributed by atoms with Crippen LogP contribution in [0.4, 0.5) is 0 Å². The summed E-state index contributed by atoms with van der Waals surface area (Å²) < 4.78 is 0. The highest BCUT2D eigenvalue weighted by atomic mass is 16.4. The molecule has 1 aromatic rings. The molecule has 0 radical (unpaired) electrons. The summed E-state index contributed by atoms with van der Waals surface area (Å²) in [7, 11) is 0. The Morgan fingerprint density at radius 1 is 1.35 bits per heavy atom. The van der Waals surface area contributed by atoms with Crippen LogP contribution in [0.1, 0.15) is 49.3 Å². The molecule has 1 aliphatic carbocycles. The molecule has 0 heterocycles. The first kappa shape index (κ1) is 12.1. The maximum atomic E-state index is 10.6. The van der Waals surface area contributed by atoms with Gasteiger partial charge in [-0.2, -0.15) is 0 Å². The first-order valence-electron chi connectivity index (χ1n) is 6.07. The Kier molecular flexibility index (Phi) is 3.48. The third kappa shape index (κ3) is 3.07. The molecule has 0 aliphatic heterocycles. The van der Waals surface area contributed by atoms with Gasteiger partial charge < -0.3 is 10.2 Å². The van der Waals surface area contributed by atoms with Crippen molar-refractivity contribution >= 4 is 5.97 Å². The van der Waals surface area contributed by atoms with Crippen LogP contribution in [0.2, 0.25) is 0 Å². The molecule has 2 unspecified atom stereocenters. The highest BCUT2D eigenvalue weighted by Gasteiger charge is 2.24. The van der Waals surface area contributed by atoms with E-state index in [4.69, 9.17) is 5.11 Å². The number of carbonyl (C=O) groups is 1.